The van der Waals surface area contributed by atoms with Gasteiger partial charge in [-0.3, -0.25) is 0 Å². The molecule has 8 heteroatoms. The molecule has 27 heavy (non-hydrogen) atoms. The Balaban J connectivity index is 1.89. The maximum Gasteiger partial charge on any atom is 0.192 e. The fourth-order valence-corrected chi connectivity index (χ4v) is 4.50. The van der Waals surface area contributed by atoms with Gasteiger partial charge >= 0.3 is 0 Å². The van der Waals surface area contributed by atoms with E-state index in [0.717, 1.165) is 27.3 Å². The Bertz CT molecular complexity index is 805. The topological polar surface area (TPSA) is 46.1 Å². The summed E-state index contributed by atoms with van der Waals surface area (Å²) in [6.45, 7) is 14.5. The van der Waals surface area contributed by atoms with E-state index in [4.69, 9.17) is 25.8 Å². The molecule has 0 radical (unpaired) electrons. The summed E-state index contributed by atoms with van der Waals surface area (Å²) in [4.78, 5) is 6.83. The Morgan fingerprint density at radius 1 is 1.44 bits per heavy atom. The highest BCUT2D eigenvalue weighted by Crippen LogP contribution is 2.43. The standard InChI is InChI=1S/C19H27BrClN3O2Si/c1-12(10-26-27(5,6)19(2,3)4)24-7-8-25-14-9-13(20)16(21)17-15(14)18(24)23-11-22-17/h7-9,12,22H,10-11H2,1-6H3. The number of amidine groups is 1. The lowest BCUT2D eigenvalue weighted by Crippen LogP contribution is -2.46. The maximum absolute atomic E-state index is 6.50. The Morgan fingerprint density at radius 3 is 2.81 bits per heavy atom. The third-order valence-corrected chi connectivity index (χ3v) is 11.3. The molecule has 148 valence electrons. The van der Waals surface area contributed by atoms with Crippen molar-refractivity contribution in [3.05, 3.63) is 33.6 Å². The number of hydrogen-bond donors (Lipinski definition) is 1. The second-order valence-corrected chi connectivity index (χ2v) is 14.5. The summed E-state index contributed by atoms with van der Waals surface area (Å²) < 4.78 is 13.1. The van der Waals surface area contributed by atoms with Gasteiger partial charge in [-0.05, 0) is 47.1 Å². The SMILES string of the molecule is CC(CO[Si](C)(C)C(C)(C)C)N1C=COc2cc(Br)c(Cl)c3c2C1=NCN3. The van der Waals surface area contributed by atoms with Gasteiger partial charge in [0, 0.05) is 10.7 Å². The summed E-state index contributed by atoms with van der Waals surface area (Å²) in [5.41, 5.74) is 1.73. The number of nitrogens with zero attached hydrogens (tertiary/aromatic N) is 2. The van der Waals surface area contributed by atoms with Crippen LogP contribution in [0.15, 0.2) is 28.0 Å². The van der Waals surface area contributed by atoms with Crippen LogP contribution in [0.1, 0.15) is 33.3 Å². The van der Waals surface area contributed by atoms with Gasteiger partial charge < -0.3 is 19.4 Å². The molecular formula is C19H27BrClN3O2Si. The summed E-state index contributed by atoms with van der Waals surface area (Å²) in [6, 6.07) is 1.99. The van der Waals surface area contributed by atoms with Crippen LogP contribution < -0.4 is 10.1 Å². The van der Waals surface area contributed by atoms with E-state index in [9.17, 15) is 0 Å². The summed E-state index contributed by atoms with van der Waals surface area (Å²) in [5.74, 6) is 1.58. The van der Waals surface area contributed by atoms with E-state index in [2.05, 4.69) is 66.9 Å². The Labute approximate surface area is 176 Å². The maximum atomic E-state index is 6.50. The van der Waals surface area contributed by atoms with Crippen LogP contribution in [-0.2, 0) is 4.43 Å². The normalized spacial score (nSPS) is 17.5. The first-order chi connectivity index (χ1) is 12.5. The third-order valence-electron chi connectivity index (χ3n) is 5.52. The van der Waals surface area contributed by atoms with Gasteiger partial charge in [-0.15, -0.1) is 0 Å². The highest BCUT2D eigenvalue weighted by Gasteiger charge is 2.38. The summed E-state index contributed by atoms with van der Waals surface area (Å²) in [7, 11) is -1.82. The first-order valence-electron chi connectivity index (χ1n) is 9.09. The van der Waals surface area contributed by atoms with Crippen LogP contribution in [0.5, 0.6) is 5.75 Å². The van der Waals surface area contributed by atoms with Gasteiger partial charge in [-0.1, -0.05) is 32.4 Å². The fraction of sp³-hybridized carbons (Fsp3) is 0.526. The molecule has 0 spiro atoms. The summed E-state index contributed by atoms with van der Waals surface area (Å²) in [5, 5.41) is 4.08. The van der Waals surface area contributed by atoms with E-state index in [0.29, 0.717) is 18.3 Å². The molecular weight excluding hydrogens is 446 g/mol. The quantitative estimate of drug-likeness (QED) is 0.562. The number of nitrogens with one attached hydrogen (secondary N) is 1. The first-order valence-corrected chi connectivity index (χ1v) is 13.2. The monoisotopic (exact) mass is 471 g/mol. The number of aliphatic imine (C=N–C) groups is 1. The molecule has 0 aliphatic carbocycles. The molecule has 5 nitrogen and oxygen atoms in total. The molecule has 3 rings (SSSR count). The van der Waals surface area contributed by atoms with E-state index in [1.165, 1.54) is 0 Å². The number of ether oxygens (including phenoxy) is 1. The molecule has 1 N–H and O–H groups in total. The zero-order valence-corrected chi connectivity index (χ0v) is 20.0. The van der Waals surface area contributed by atoms with E-state index in [1.807, 2.05) is 12.3 Å². The van der Waals surface area contributed by atoms with Crippen LogP contribution in [0.25, 0.3) is 0 Å². The predicted molar refractivity (Wildman–Crippen MR) is 118 cm³/mol. The lowest BCUT2D eigenvalue weighted by molar-refractivity contribution is 0.220. The first kappa shape index (κ1) is 20.7. The summed E-state index contributed by atoms with van der Waals surface area (Å²) in [6.07, 6.45) is 3.62. The lowest BCUT2D eigenvalue weighted by atomic mass is 10.1. The van der Waals surface area contributed by atoms with Crippen LogP contribution >= 0.6 is 27.5 Å². The molecule has 1 aromatic rings. The molecule has 0 saturated heterocycles. The van der Waals surface area contributed by atoms with Gasteiger partial charge in [0.25, 0.3) is 0 Å². The van der Waals surface area contributed by atoms with Crippen molar-refractivity contribution in [2.45, 2.75) is 51.9 Å². The fourth-order valence-electron chi connectivity index (χ4n) is 2.79. The van der Waals surface area contributed by atoms with Gasteiger partial charge in [-0.25, -0.2) is 4.99 Å². The van der Waals surface area contributed by atoms with Crippen molar-refractivity contribution in [3.8, 4) is 5.75 Å². The molecule has 0 fully saturated rings. The minimum atomic E-state index is -1.82. The van der Waals surface area contributed by atoms with Crippen molar-refractivity contribution in [2.24, 2.45) is 4.99 Å². The predicted octanol–water partition coefficient (Wildman–Crippen LogP) is 5.81. The van der Waals surface area contributed by atoms with Crippen molar-refractivity contribution < 1.29 is 9.16 Å². The van der Waals surface area contributed by atoms with Gasteiger partial charge in [0.15, 0.2) is 8.32 Å². The second-order valence-electron chi connectivity index (χ2n) is 8.47. The Morgan fingerprint density at radius 2 is 2.15 bits per heavy atom. The minimum Gasteiger partial charge on any atom is -0.463 e. The number of anilines is 1. The smallest absolute Gasteiger partial charge is 0.192 e. The molecule has 1 unspecified atom stereocenters. The number of benzene rings is 1. The number of rotatable bonds is 4. The Hall–Kier alpha value is -1.02. The van der Waals surface area contributed by atoms with E-state index >= 15 is 0 Å². The number of hydrogen-bond acceptors (Lipinski definition) is 5. The second kappa shape index (κ2) is 7.42. The molecule has 2 heterocycles. The number of halogens is 2. The van der Waals surface area contributed by atoms with Crippen LogP contribution in [-0.4, -0.2) is 38.4 Å². The average molecular weight is 473 g/mol. The molecule has 2 aliphatic heterocycles. The van der Waals surface area contributed by atoms with Crippen LogP contribution in [0.2, 0.25) is 23.2 Å². The van der Waals surface area contributed by atoms with Gasteiger partial charge in [0.2, 0.25) is 0 Å². The van der Waals surface area contributed by atoms with Crippen LogP contribution in [0, 0.1) is 0 Å². The van der Waals surface area contributed by atoms with Gasteiger partial charge in [0.1, 0.15) is 24.5 Å². The van der Waals surface area contributed by atoms with Crippen LogP contribution in [0.3, 0.4) is 0 Å². The zero-order valence-electron chi connectivity index (χ0n) is 16.7. The van der Waals surface area contributed by atoms with E-state index in [-0.39, 0.29) is 11.1 Å². The third kappa shape index (κ3) is 3.92. The molecule has 2 aliphatic rings. The van der Waals surface area contributed by atoms with E-state index in [1.54, 1.807) is 6.26 Å². The molecule has 0 saturated carbocycles. The van der Waals surface area contributed by atoms with E-state index < -0.39 is 8.32 Å². The van der Waals surface area contributed by atoms with Crippen molar-refractivity contribution in [1.29, 1.82) is 0 Å². The minimum absolute atomic E-state index is 0.108. The van der Waals surface area contributed by atoms with Gasteiger partial charge in [-0.2, -0.15) is 0 Å². The summed E-state index contributed by atoms with van der Waals surface area (Å²) >= 11 is 10.0. The van der Waals surface area contributed by atoms with Crippen molar-refractivity contribution >= 4 is 47.4 Å². The Kier molecular flexibility index (Phi) is 5.69. The van der Waals surface area contributed by atoms with Crippen molar-refractivity contribution in [2.75, 3.05) is 18.6 Å². The highest BCUT2D eigenvalue weighted by atomic mass is 79.9. The molecule has 1 aromatic carbocycles. The molecule has 0 aromatic heterocycles. The van der Waals surface area contributed by atoms with Crippen molar-refractivity contribution in [1.82, 2.24) is 4.90 Å². The molecule has 0 bridgehead atoms. The highest BCUT2D eigenvalue weighted by molar-refractivity contribution is 9.10. The lowest BCUT2D eigenvalue weighted by Gasteiger charge is -2.38. The van der Waals surface area contributed by atoms with Gasteiger partial charge in [0.05, 0.1) is 28.9 Å². The molecule has 1 atom stereocenters. The average Bonchev–Trinajstić information content (AvgIpc) is 2.77. The molecule has 0 amide bonds. The zero-order chi connectivity index (χ0) is 20.0. The van der Waals surface area contributed by atoms with Crippen molar-refractivity contribution in [3.63, 3.8) is 0 Å². The van der Waals surface area contributed by atoms with Crippen LogP contribution in [0.4, 0.5) is 5.69 Å². The largest absolute Gasteiger partial charge is 0.463 e.